The fourth-order valence-corrected chi connectivity index (χ4v) is 2.26. The van der Waals surface area contributed by atoms with Crippen molar-refractivity contribution in [1.82, 2.24) is 5.32 Å². The normalized spacial score (nSPS) is 11.6. The van der Waals surface area contributed by atoms with Crippen LogP contribution in [0.4, 0.5) is 0 Å². The monoisotopic (exact) mass is 311 g/mol. The van der Waals surface area contributed by atoms with Crippen LogP contribution in [-0.2, 0) is 11.2 Å². The molecule has 0 fully saturated rings. The van der Waals surface area contributed by atoms with E-state index in [-0.39, 0.29) is 18.6 Å². The summed E-state index contributed by atoms with van der Waals surface area (Å²) in [4.78, 5) is 22.9. The van der Waals surface area contributed by atoms with E-state index in [1.54, 1.807) is 24.3 Å². The van der Waals surface area contributed by atoms with Crippen LogP contribution < -0.4 is 10.1 Å². The van der Waals surface area contributed by atoms with E-state index in [1.165, 1.54) is 5.56 Å². The molecule has 0 unspecified atom stereocenters. The molecule has 0 radical (unpaired) electrons. The number of amides is 1. The van der Waals surface area contributed by atoms with Crippen LogP contribution in [0.15, 0.2) is 48.5 Å². The number of aldehydes is 1. The van der Waals surface area contributed by atoms with Gasteiger partial charge in [-0.1, -0.05) is 43.3 Å². The van der Waals surface area contributed by atoms with Gasteiger partial charge in [0.1, 0.15) is 5.75 Å². The summed E-state index contributed by atoms with van der Waals surface area (Å²) in [6, 6.07) is 14.9. The van der Waals surface area contributed by atoms with Crippen molar-refractivity contribution >= 4 is 12.2 Å². The molecule has 1 amide bonds. The maximum Gasteiger partial charge on any atom is 0.258 e. The number of ether oxygens (including phenoxy) is 1. The topological polar surface area (TPSA) is 55.4 Å². The van der Waals surface area contributed by atoms with Crippen molar-refractivity contribution < 1.29 is 14.3 Å². The molecular weight excluding hydrogens is 290 g/mol. The van der Waals surface area contributed by atoms with Crippen molar-refractivity contribution in [3.8, 4) is 5.75 Å². The average Bonchev–Trinajstić information content (AvgIpc) is 2.60. The molecule has 4 nitrogen and oxygen atoms in total. The molecular formula is C19H21NO3. The molecule has 2 rings (SSSR count). The van der Waals surface area contributed by atoms with Crippen molar-refractivity contribution in [2.45, 2.75) is 26.3 Å². The largest absolute Gasteiger partial charge is 0.483 e. The smallest absolute Gasteiger partial charge is 0.258 e. The molecule has 0 bridgehead atoms. The van der Waals surface area contributed by atoms with Gasteiger partial charge in [-0.3, -0.25) is 9.59 Å². The zero-order valence-electron chi connectivity index (χ0n) is 13.4. The zero-order valence-corrected chi connectivity index (χ0v) is 13.4. The summed E-state index contributed by atoms with van der Waals surface area (Å²) in [7, 11) is 0. The number of para-hydroxylation sites is 1. The van der Waals surface area contributed by atoms with Gasteiger partial charge in [-0.15, -0.1) is 0 Å². The number of hydrogen-bond acceptors (Lipinski definition) is 3. The van der Waals surface area contributed by atoms with Crippen LogP contribution in [0.25, 0.3) is 0 Å². The number of hydrogen-bond donors (Lipinski definition) is 1. The Labute approximate surface area is 136 Å². The van der Waals surface area contributed by atoms with Gasteiger partial charge < -0.3 is 10.1 Å². The van der Waals surface area contributed by atoms with E-state index in [2.05, 4.69) is 24.4 Å². The SMILES string of the molecule is CCc1ccc([C@H](C)NC(=O)COc2ccccc2C=O)cc1. The molecule has 1 N–H and O–H groups in total. The predicted molar refractivity (Wildman–Crippen MR) is 89.7 cm³/mol. The van der Waals surface area contributed by atoms with E-state index >= 15 is 0 Å². The summed E-state index contributed by atoms with van der Waals surface area (Å²) in [6.07, 6.45) is 1.70. The summed E-state index contributed by atoms with van der Waals surface area (Å²) < 4.78 is 5.42. The first kappa shape index (κ1) is 16.7. The Kier molecular flexibility index (Phi) is 5.92. The zero-order chi connectivity index (χ0) is 16.7. The number of aryl methyl sites for hydroxylation is 1. The van der Waals surface area contributed by atoms with Crippen LogP contribution in [0, 0.1) is 0 Å². The summed E-state index contributed by atoms with van der Waals surface area (Å²) in [5.74, 6) is 0.190. The van der Waals surface area contributed by atoms with Gasteiger partial charge in [-0.2, -0.15) is 0 Å². The molecule has 0 aliphatic carbocycles. The Morgan fingerprint density at radius 2 is 1.87 bits per heavy atom. The average molecular weight is 311 g/mol. The van der Waals surface area contributed by atoms with E-state index in [9.17, 15) is 9.59 Å². The maximum atomic E-state index is 12.0. The molecule has 0 aliphatic heterocycles. The highest BCUT2D eigenvalue weighted by atomic mass is 16.5. The summed E-state index contributed by atoms with van der Waals surface area (Å²) in [5.41, 5.74) is 2.74. The molecule has 120 valence electrons. The summed E-state index contributed by atoms with van der Waals surface area (Å²) in [5, 5.41) is 2.89. The van der Waals surface area contributed by atoms with Gasteiger partial charge in [-0.25, -0.2) is 0 Å². The molecule has 2 aromatic rings. The van der Waals surface area contributed by atoms with Crippen LogP contribution in [0.5, 0.6) is 5.75 Å². The van der Waals surface area contributed by atoms with E-state index in [0.717, 1.165) is 12.0 Å². The minimum absolute atomic E-state index is 0.0988. The fraction of sp³-hybridized carbons (Fsp3) is 0.263. The third-order valence-electron chi connectivity index (χ3n) is 3.67. The van der Waals surface area contributed by atoms with E-state index in [4.69, 9.17) is 4.74 Å². The molecule has 23 heavy (non-hydrogen) atoms. The second-order valence-electron chi connectivity index (χ2n) is 5.33. The lowest BCUT2D eigenvalue weighted by Gasteiger charge is -2.15. The van der Waals surface area contributed by atoms with Crippen molar-refractivity contribution in [3.63, 3.8) is 0 Å². The Morgan fingerprint density at radius 3 is 2.52 bits per heavy atom. The van der Waals surface area contributed by atoms with Gasteiger partial charge in [0, 0.05) is 0 Å². The highest BCUT2D eigenvalue weighted by Crippen LogP contribution is 2.16. The number of carbonyl (C=O) groups is 2. The molecule has 0 spiro atoms. The minimum atomic E-state index is -0.224. The third kappa shape index (κ3) is 4.68. The molecule has 0 saturated carbocycles. The number of rotatable bonds is 7. The Hall–Kier alpha value is -2.62. The molecule has 4 heteroatoms. The second-order valence-corrected chi connectivity index (χ2v) is 5.33. The lowest BCUT2D eigenvalue weighted by molar-refractivity contribution is -0.123. The van der Waals surface area contributed by atoms with Crippen LogP contribution in [0.2, 0.25) is 0 Å². The van der Waals surface area contributed by atoms with Crippen LogP contribution >= 0.6 is 0 Å². The third-order valence-corrected chi connectivity index (χ3v) is 3.67. The second kappa shape index (κ2) is 8.13. The highest BCUT2D eigenvalue weighted by molar-refractivity contribution is 5.81. The molecule has 1 atom stereocenters. The molecule has 0 aliphatic rings. The quantitative estimate of drug-likeness (QED) is 0.798. The van der Waals surface area contributed by atoms with Crippen LogP contribution in [0.3, 0.4) is 0 Å². The Balaban J connectivity index is 1.89. The van der Waals surface area contributed by atoms with E-state index in [1.807, 2.05) is 19.1 Å². The Morgan fingerprint density at radius 1 is 1.17 bits per heavy atom. The molecule has 2 aromatic carbocycles. The minimum Gasteiger partial charge on any atom is -0.483 e. The van der Waals surface area contributed by atoms with E-state index < -0.39 is 0 Å². The summed E-state index contributed by atoms with van der Waals surface area (Å²) in [6.45, 7) is 3.91. The van der Waals surface area contributed by atoms with Gasteiger partial charge in [0.15, 0.2) is 12.9 Å². The van der Waals surface area contributed by atoms with Crippen molar-refractivity contribution in [2.75, 3.05) is 6.61 Å². The van der Waals surface area contributed by atoms with Crippen molar-refractivity contribution in [2.24, 2.45) is 0 Å². The first-order valence-corrected chi connectivity index (χ1v) is 7.69. The first-order valence-electron chi connectivity index (χ1n) is 7.69. The van der Waals surface area contributed by atoms with E-state index in [0.29, 0.717) is 17.6 Å². The number of carbonyl (C=O) groups excluding carboxylic acids is 2. The lowest BCUT2D eigenvalue weighted by Crippen LogP contribution is -2.31. The maximum absolute atomic E-state index is 12.0. The van der Waals surface area contributed by atoms with Gasteiger partial charge in [-0.05, 0) is 36.6 Å². The summed E-state index contributed by atoms with van der Waals surface area (Å²) >= 11 is 0. The number of nitrogens with one attached hydrogen (secondary N) is 1. The van der Waals surface area contributed by atoms with Gasteiger partial charge in [0.05, 0.1) is 11.6 Å². The van der Waals surface area contributed by atoms with Gasteiger partial charge in [0.2, 0.25) is 0 Å². The van der Waals surface area contributed by atoms with Crippen molar-refractivity contribution in [3.05, 3.63) is 65.2 Å². The predicted octanol–water partition coefficient (Wildman–Crippen LogP) is 3.32. The lowest BCUT2D eigenvalue weighted by atomic mass is 10.1. The first-order chi connectivity index (χ1) is 11.1. The fourth-order valence-electron chi connectivity index (χ4n) is 2.26. The molecule has 0 aromatic heterocycles. The standard InChI is InChI=1S/C19H21NO3/c1-3-15-8-10-16(11-9-15)14(2)20-19(22)13-23-18-7-5-4-6-17(18)12-21/h4-12,14H,3,13H2,1-2H3,(H,20,22)/t14-/m0/s1. The van der Waals surface area contributed by atoms with Gasteiger partial charge in [0.25, 0.3) is 5.91 Å². The Bertz CT molecular complexity index is 665. The molecule has 0 heterocycles. The van der Waals surface area contributed by atoms with Gasteiger partial charge >= 0.3 is 0 Å². The molecule has 0 saturated heterocycles. The van der Waals surface area contributed by atoms with Crippen LogP contribution in [-0.4, -0.2) is 18.8 Å². The van der Waals surface area contributed by atoms with Crippen LogP contribution in [0.1, 0.15) is 41.4 Å². The van der Waals surface area contributed by atoms with Crippen molar-refractivity contribution in [1.29, 1.82) is 0 Å². The highest BCUT2D eigenvalue weighted by Gasteiger charge is 2.11. The number of benzene rings is 2.